The Morgan fingerprint density at radius 2 is 1.47 bits per heavy atom. The SMILES string of the molecule is COc1ccccc1C(=O)NN/C1=C(\C(=O)C(F)(F)F)CCCCCCCCCC1. The van der Waals surface area contributed by atoms with Crippen molar-refractivity contribution in [2.45, 2.75) is 70.4 Å². The van der Waals surface area contributed by atoms with E-state index < -0.39 is 17.9 Å². The molecule has 30 heavy (non-hydrogen) atoms. The summed E-state index contributed by atoms with van der Waals surface area (Å²) in [6.07, 6.45) is 2.24. The van der Waals surface area contributed by atoms with E-state index in [-0.39, 0.29) is 29.7 Å². The highest BCUT2D eigenvalue weighted by molar-refractivity contribution is 6.00. The van der Waals surface area contributed by atoms with Gasteiger partial charge in [-0.05, 0) is 37.8 Å². The molecule has 0 fully saturated rings. The molecule has 0 bridgehead atoms. The van der Waals surface area contributed by atoms with Gasteiger partial charge >= 0.3 is 6.18 Å². The number of ketones is 1. The van der Waals surface area contributed by atoms with Crippen LogP contribution in [0.3, 0.4) is 0 Å². The number of hydrazine groups is 1. The highest BCUT2D eigenvalue weighted by atomic mass is 19.4. The number of nitrogens with one attached hydrogen (secondary N) is 2. The quantitative estimate of drug-likeness (QED) is 0.633. The number of carbonyl (C=O) groups is 2. The van der Waals surface area contributed by atoms with Crippen LogP contribution in [0.1, 0.15) is 74.6 Å². The third kappa shape index (κ3) is 7.07. The number of hydrogen-bond acceptors (Lipinski definition) is 4. The summed E-state index contributed by atoms with van der Waals surface area (Å²) >= 11 is 0. The van der Waals surface area contributed by atoms with Crippen molar-refractivity contribution in [1.29, 1.82) is 0 Å². The lowest BCUT2D eigenvalue weighted by Gasteiger charge is -2.19. The fourth-order valence-electron chi connectivity index (χ4n) is 3.56. The van der Waals surface area contributed by atoms with Gasteiger partial charge in [0.1, 0.15) is 5.75 Å². The van der Waals surface area contributed by atoms with Crippen molar-refractivity contribution in [2.75, 3.05) is 7.11 Å². The lowest BCUT2D eigenvalue weighted by atomic mass is 9.96. The van der Waals surface area contributed by atoms with Crippen molar-refractivity contribution < 1.29 is 27.5 Å². The molecule has 0 radical (unpaired) electrons. The molecule has 1 aromatic carbocycles. The molecular weight excluding hydrogens is 397 g/mol. The Bertz CT molecular complexity index is 760. The van der Waals surface area contributed by atoms with Gasteiger partial charge in [0.05, 0.1) is 12.7 Å². The molecule has 0 saturated carbocycles. The molecule has 0 saturated heterocycles. The molecule has 1 aliphatic rings. The van der Waals surface area contributed by atoms with Crippen LogP contribution in [0.25, 0.3) is 0 Å². The molecule has 0 heterocycles. The summed E-state index contributed by atoms with van der Waals surface area (Å²) in [5.74, 6) is -2.05. The number of methoxy groups -OCH3 is 1. The van der Waals surface area contributed by atoms with Crippen molar-refractivity contribution in [2.24, 2.45) is 0 Å². The van der Waals surface area contributed by atoms with Crippen LogP contribution in [-0.4, -0.2) is 25.0 Å². The number of rotatable bonds is 5. The molecule has 0 spiro atoms. The van der Waals surface area contributed by atoms with Gasteiger partial charge in [0, 0.05) is 11.3 Å². The van der Waals surface area contributed by atoms with Crippen molar-refractivity contribution in [1.82, 2.24) is 10.9 Å². The topological polar surface area (TPSA) is 67.4 Å². The maximum absolute atomic E-state index is 13.2. The number of hydrogen-bond donors (Lipinski definition) is 2. The average molecular weight is 426 g/mol. The second-order valence-electron chi connectivity index (χ2n) is 7.39. The van der Waals surface area contributed by atoms with E-state index in [1.54, 1.807) is 24.3 Å². The third-order valence-electron chi connectivity index (χ3n) is 5.18. The van der Waals surface area contributed by atoms with Crippen LogP contribution in [0, 0.1) is 0 Å². The second-order valence-corrected chi connectivity index (χ2v) is 7.39. The summed E-state index contributed by atoms with van der Waals surface area (Å²) in [4.78, 5) is 24.6. The number of ether oxygens (including phenoxy) is 1. The number of carbonyl (C=O) groups excluding carboxylic acids is 2. The molecule has 0 aliphatic heterocycles. The van der Waals surface area contributed by atoms with Crippen LogP contribution in [0.4, 0.5) is 13.2 Å². The molecule has 166 valence electrons. The van der Waals surface area contributed by atoms with Gasteiger partial charge in [0.15, 0.2) is 0 Å². The van der Waals surface area contributed by atoms with Crippen molar-refractivity contribution >= 4 is 11.7 Å². The van der Waals surface area contributed by atoms with E-state index in [0.29, 0.717) is 18.6 Å². The summed E-state index contributed by atoms with van der Waals surface area (Å²) in [5.41, 5.74) is 5.17. The van der Waals surface area contributed by atoms with Gasteiger partial charge in [-0.1, -0.05) is 50.7 Å². The van der Waals surface area contributed by atoms with Crippen molar-refractivity contribution in [3.63, 3.8) is 0 Å². The fourth-order valence-corrected chi connectivity index (χ4v) is 3.56. The summed E-state index contributed by atoms with van der Waals surface area (Å²) in [6.45, 7) is 0. The second kappa shape index (κ2) is 11.6. The number of Topliss-reactive ketones (excluding diaryl/α,β-unsaturated/α-hetero) is 1. The Hall–Kier alpha value is -2.51. The van der Waals surface area contributed by atoms with Crippen molar-refractivity contribution in [3.05, 3.63) is 41.1 Å². The zero-order valence-electron chi connectivity index (χ0n) is 17.2. The fraction of sp³-hybridized carbons (Fsp3) is 0.545. The zero-order valence-corrected chi connectivity index (χ0v) is 17.2. The Labute approximate surface area is 175 Å². The molecule has 8 heteroatoms. The van der Waals surface area contributed by atoms with Crippen LogP contribution < -0.4 is 15.6 Å². The highest BCUT2D eigenvalue weighted by Crippen LogP contribution is 2.28. The standard InChI is InChI=1S/C22H29F3N2O3/c1-30-19-15-11-10-13-17(19)21(29)27-26-18-14-9-7-5-3-2-4-6-8-12-16(18)20(28)22(23,24)25/h10-11,13,15,26H,2-9,12,14H2,1H3,(H,27,29)/b18-16-. The van der Waals surface area contributed by atoms with E-state index in [0.717, 1.165) is 38.5 Å². The van der Waals surface area contributed by atoms with Gasteiger partial charge in [0.25, 0.3) is 11.7 Å². The van der Waals surface area contributed by atoms with E-state index in [1.165, 1.54) is 7.11 Å². The van der Waals surface area contributed by atoms with Crippen LogP contribution in [-0.2, 0) is 4.79 Å². The Morgan fingerprint density at radius 1 is 0.900 bits per heavy atom. The Balaban J connectivity index is 2.25. The first-order valence-electron chi connectivity index (χ1n) is 10.4. The van der Waals surface area contributed by atoms with Gasteiger partial charge in [-0.2, -0.15) is 13.2 Å². The largest absolute Gasteiger partial charge is 0.496 e. The first-order chi connectivity index (χ1) is 14.3. The maximum atomic E-state index is 13.2. The van der Waals surface area contributed by atoms with Gasteiger partial charge in [0.2, 0.25) is 0 Å². The first-order valence-corrected chi connectivity index (χ1v) is 10.4. The van der Waals surface area contributed by atoms with Crippen LogP contribution in [0.2, 0.25) is 0 Å². The number of allylic oxidation sites excluding steroid dienone is 2. The Morgan fingerprint density at radius 3 is 2.07 bits per heavy atom. The van der Waals surface area contributed by atoms with E-state index in [2.05, 4.69) is 10.9 Å². The number of halogens is 3. The predicted molar refractivity (Wildman–Crippen MR) is 108 cm³/mol. The minimum Gasteiger partial charge on any atom is -0.496 e. The maximum Gasteiger partial charge on any atom is 0.454 e. The normalized spacial score (nSPS) is 19.2. The van der Waals surface area contributed by atoms with Crippen LogP contribution >= 0.6 is 0 Å². The lowest BCUT2D eigenvalue weighted by molar-refractivity contribution is -0.166. The first kappa shape index (κ1) is 23.8. The molecule has 2 N–H and O–H groups in total. The minimum atomic E-state index is -4.95. The molecule has 0 aromatic heterocycles. The molecule has 1 aromatic rings. The predicted octanol–water partition coefficient (Wildman–Crippen LogP) is 5.23. The number of benzene rings is 1. The molecule has 1 amide bonds. The smallest absolute Gasteiger partial charge is 0.454 e. The number of amides is 1. The lowest BCUT2D eigenvalue weighted by Crippen LogP contribution is -2.39. The van der Waals surface area contributed by atoms with E-state index in [1.807, 2.05) is 0 Å². The van der Waals surface area contributed by atoms with E-state index >= 15 is 0 Å². The van der Waals surface area contributed by atoms with Gasteiger partial charge in [-0.25, -0.2) is 0 Å². The van der Waals surface area contributed by atoms with E-state index in [9.17, 15) is 22.8 Å². The molecule has 0 unspecified atom stereocenters. The summed E-state index contributed by atoms with van der Waals surface area (Å²) in [6, 6.07) is 6.53. The number of para-hydroxylation sites is 1. The molecule has 5 nitrogen and oxygen atoms in total. The zero-order chi connectivity index (χ0) is 22.0. The average Bonchev–Trinajstić information content (AvgIpc) is 2.72. The summed E-state index contributed by atoms with van der Waals surface area (Å²) in [7, 11) is 1.43. The van der Waals surface area contributed by atoms with E-state index in [4.69, 9.17) is 4.74 Å². The van der Waals surface area contributed by atoms with Gasteiger partial charge in [-0.3, -0.25) is 15.0 Å². The molecule has 0 atom stereocenters. The van der Waals surface area contributed by atoms with Crippen molar-refractivity contribution in [3.8, 4) is 5.75 Å². The van der Waals surface area contributed by atoms with Crippen LogP contribution in [0.15, 0.2) is 35.5 Å². The molecule has 2 rings (SSSR count). The summed E-state index contributed by atoms with van der Waals surface area (Å²) in [5, 5.41) is 0. The van der Waals surface area contributed by atoms with Crippen LogP contribution in [0.5, 0.6) is 5.75 Å². The highest BCUT2D eigenvalue weighted by Gasteiger charge is 2.41. The van der Waals surface area contributed by atoms with Gasteiger partial charge < -0.3 is 10.2 Å². The Kier molecular flexibility index (Phi) is 9.20. The third-order valence-corrected chi connectivity index (χ3v) is 5.18. The monoisotopic (exact) mass is 426 g/mol. The summed E-state index contributed by atoms with van der Waals surface area (Å²) < 4.78 is 44.8. The minimum absolute atomic E-state index is 0.0329. The molecular formula is C22H29F3N2O3. The number of alkyl halides is 3. The van der Waals surface area contributed by atoms with Gasteiger partial charge in [-0.15, -0.1) is 0 Å². The molecule has 1 aliphatic carbocycles.